The zero-order valence-electron chi connectivity index (χ0n) is 17.8. The molecule has 1 aromatic carbocycles. The number of likely N-dealkylation sites (tertiary alicyclic amines) is 1. The summed E-state index contributed by atoms with van der Waals surface area (Å²) in [7, 11) is 3.26. The van der Waals surface area contributed by atoms with Crippen LogP contribution in [0.1, 0.15) is 34.7 Å². The van der Waals surface area contributed by atoms with Crippen LogP contribution < -0.4 is 14.5 Å². The van der Waals surface area contributed by atoms with E-state index in [1.165, 1.54) is 0 Å². The largest absolute Gasteiger partial charge is 0.545 e. The normalized spacial score (nSPS) is 28.7. The minimum atomic E-state index is -1.40. The summed E-state index contributed by atoms with van der Waals surface area (Å²) in [5.41, 5.74) is 0.614. The van der Waals surface area contributed by atoms with Crippen molar-refractivity contribution in [2.75, 3.05) is 46.9 Å². The van der Waals surface area contributed by atoms with Gasteiger partial charge in [0.1, 0.15) is 36.8 Å². The molecule has 1 saturated carbocycles. The first kappa shape index (κ1) is 20.6. The fraction of sp³-hybridized carbons (Fsp3) is 0.619. The van der Waals surface area contributed by atoms with Crippen LogP contribution in [0.5, 0.6) is 11.5 Å². The summed E-state index contributed by atoms with van der Waals surface area (Å²) in [4.78, 5) is 26.1. The molecule has 5 rings (SSSR count). The Morgan fingerprint density at radius 2 is 2.13 bits per heavy atom. The highest BCUT2D eigenvalue weighted by Crippen LogP contribution is 2.60. The minimum absolute atomic E-state index is 0.0172. The molecule has 1 aromatic rings. The second kappa shape index (κ2) is 7.39. The quantitative estimate of drug-likeness (QED) is 0.483. The molecule has 9 nitrogen and oxygen atoms in total. The Labute approximate surface area is 181 Å². The lowest BCUT2D eigenvalue weighted by Gasteiger charge is -2.41. The molecule has 0 bridgehead atoms. The summed E-state index contributed by atoms with van der Waals surface area (Å²) in [6, 6.07) is 3.43. The molecule has 0 aromatic heterocycles. The number of fused-ring (bicyclic) bond motifs is 3. The van der Waals surface area contributed by atoms with Crippen LogP contribution >= 0.6 is 0 Å². The number of hydrogen-bond donors (Lipinski definition) is 1. The Bertz CT molecular complexity index is 917. The van der Waals surface area contributed by atoms with Gasteiger partial charge in [-0.3, -0.25) is 4.79 Å². The predicted molar refractivity (Wildman–Crippen MR) is 108 cm³/mol. The van der Waals surface area contributed by atoms with Crippen molar-refractivity contribution in [1.29, 1.82) is 0 Å². The third kappa shape index (κ3) is 3.88. The van der Waals surface area contributed by atoms with Gasteiger partial charge < -0.3 is 38.4 Å². The van der Waals surface area contributed by atoms with Crippen LogP contribution in [0.15, 0.2) is 12.1 Å². The highest BCUT2D eigenvalue weighted by molar-refractivity contribution is 6.48. The van der Waals surface area contributed by atoms with E-state index in [-0.39, 0.29) is 46.9 Å². The maximum Gasteiger partial charge on any atom is 0.526 e. The van der Waals surface area contributed by atoms with E-state index in [0.717, 1.165) is 29.6 Å². The molecule has 1 N–H and O–H groups in total. The first-order valence-electron chi connectivity index (χ1n) is 10.8. The number of nitrogens with zero attached hydrogens (tertiary/aromatic N) is 2. The molecule has 3 aliphatic heterocycles. The molecule has 1 aliphatic carbocycles. The number of carbonyl (C=O) groups is 2. The molecule has 3 atom stereocenters. The van der Waals surface area contributed by atoms with Crippen molar-refractivity contribution in [2.24, 2.45) is 0 Å². The third-order valence-corrected chi connectivity index (χ3v) is 6.84. The fourth-order valence-corrected chi connectivity index (χ4v) is 4.89. The number of carbonyl (C=O) groups excluding carboxylic acids is 2. The number of likely N-dealkylation sites (N-methyl/N-ethyl adjacent to an activating group) is 1. The second-order valence-corrected chi connectivity index (χ2v) is 9.74. The van der Waals surface area contributed by atoms with E-state index in [1.54, 1.807) is 17.0 Å². The van der Waals surface area contributed by atoms with E-state index in [4.69, 9.17) is 14.1 Å². The number of aromatic carboxylic acids is 1. The molecule has 0 unspecified atom stereocenters. The summed E-state index contributed by atoms with van der Waals surface area (Å²) in [5.74, 6) is -0.946. The number of morpholine rings is 1. The zero-order valence-corrected chi connectivity index (χ0v) is 17.8. The standard InChI is InChI=1S/C21H27BN2O7/c1-24(2)5-6-29-12(11-24)7-18(25)23-9-13(10-23)30-17-4-3-14-15-8-16(15)22(28)31-20(14)19(17)21(26)27/h3-4,12-13,15-16,28H,5-11H2,1-2H3/t12-,15+,16+/m1/s1. The van der Waals surface area contributed by atoms with E-state index in [2.05, 4.69) is 14.1 Å². The maximum absolute atomic E-state index is 12.6. The van der Waals surface area contributed by atoms with E-state index in [1.807, 2.05) is 0 Å². The summed E-state index contributed by atoms with van der Waals surface area (Å²) in [6.07, 6.45) is 0.728. The van der Waals surface area contributed by atoms with Gasteiger partial charge >= 0.3 is 7.12 Å². The molecule has 31 heavy (non-hydrogen) atoms. The summed E-state index contributed by atoms with van der Waals surface area (Å²) < 4.78 is 18.0. The highest BCUT2D eigenvalue weighted by atomic mass is 16.5. The van der Waals surface area contributed by atoms with Crippen molar-refractivity contribution >= 4 is 19.0 Å². The number of rotatable bonds is 5. The molecule has 0 spiro atoms. The molecular formula is C21H27BN2O7. The Balaban J connectivity index is 1.21. The number of hydrogen-bond acceptors (Lipinski definition) is 7. The maximum atomic E-state index is 12.6. The molecule has 2 saturated heterocycles. The molecule has 10 heteroatoms. The average molecular weight is 430 g/mol. The van der Waals surface area contributed by atoms with Gasteiger partial charge in [-0.25, -0.2) is 0 Å². The van der Waals surface area contributed by atoms with E-state index in [9.17, 15) is 19.7 Å². The van der Waals surface area contributed by atoms with E-state index < -0.39 is 13.1 Å². The molecule has 166 valence electrons. The molecule has 3 heterocycles. The number of carboxylic acid groups (broad SMARTS) is 1. The Kier molecular flexibility index (Phi) is 4.91. The summed E-state index contributed by atoms with van der Waals surface area (Å²) >= 11 is 0. The van der Waals surface area contributed by atoms with Gasteiger partial charge in [-0.2, -0.15) is 0 Å². The molecule has 4 aliphatic rings. The van der Waals surface area contributed by atoms with Crippen molar-refractivity contribution in [3.63, 3.8) is 0 Å². The van der Waals surface area contributed by atoms with Gasteiger partial charge in [0, 0.05) is 5.82 Å². The van der Waals surface area contributed by atoms with Gasteiger partial charge in [0.2, 0.25) is 5.91 Å². The molecule has 0 radical (unpaired) electrons. The van der Waals surface area contributed by atoms with Crippen LogP contribution in [0.25, 0.3) is 0 Å². The van der Waals surface area contributed by atoms with Crippen molar-refractivity contribution < 1.29 is 38.3 Å². The van der Waals surface area contributed by atoms with Crippen molar-refractivity contribution in [3.8, 4) is 11.5 Å². The second-order valence-electron chi connectivity index (χ2n) is 9.74. The van der Waals surface area contributed by atoms with Crippen LogP contribution in [0, 0.1) is 0 Å². The Morgan fingerprint density at radius 1 is 1.35 bits per heavy atom. The van der Waals surface area contributed by atoms with Gasteiger partial charge in [0.05, 0.1) is 51.7 Å². The zero-order chi connectivity index (χ0) is 21.9. The Hall–Kier alpha value is -2.30. The lowest BCUT2D eigenvalue weighted by molar-refractivity contribution is -0.901. The van der Waals surface area contributed by atoms with Crippen molar-refractivity contribution in [2.45, 2.75) is 36.8 Å². The SMILES string of the molecule is C[N+]1(C)CCO[C@H](CC(=O)N2CC(Oc3ccc4c(c3C(=O)[O-])OB(O)[C@H]3C[C@@H]43)C2)C1. The van der Waals surface area contributed by atoms with Gasteiger partial charge in [-0.1, -0.05) is 6.07 Å². The van der Waals surface area contributed by atoms with Crippen molar-refractivity contribution in [3.05, 3.63) is 23.3 Å². The Morgan fingerprint density at radius 3 is 2.84 bits per heavy atom. The number of benzene rings is 1. The van der Waals surface area contributed by atoms with Gasteiger partial charge in [-0.05, 0) is 24.0 Å². The van der Waals surface area contributed by atoms with Crippen LogP contribution in [-0.2, 0) is 9.53 Å². The first-order chi connectivity index (χ1) is 14.7. The first-order valence-corrected chi connectivity index (χ1v) is 10.8. The smallest absolute Gasteiger partial charge is 0.526 e. The monoisotopic (exact) mass is 430 g/mol. The number of quaternary nitrogens is 1. The van der Waals surface area contributed by atoms with Crippen LogP contribution in [0.2, 0.25) is 5.82 Å². The van der Waals surface area contributed by atoms with Crippen LogP contribution in [-0.4, -0.2) is 92.5 Å². The molecular weight excluding hydrogens is 403 g/mol. The van der Waals surface area contributed by atoms with E-state index in [0.29, 0.717) is 26.1 Å². The van der Waals surface area contributed by atoms with Gasteiger partial charge in [0.15, 0.2) is 0 Å². The number of ether oxygens (including phenoxy) is 2. The van der Waals surface area contributed by atoms with Crippen LogP contribution in [0.4, 0.5) is 0 Å². The highest BCUT2D eigenvalue weighted by Gasteiger charge is 2.54. The molecule has 3 fully saturated rings. The predicted octanol–water partition coefficient (Wildman–Crippen LogP) is -0.765. The van der Waals surface area contributed by atoms with Gasteiger partial charge in [0.25, 0.3) is 0 Å². The lowest BCUT2D eigenvalue weighted by atomic mass is 9.77. The van der Waals surface area contributed by atoms with Crippen LogP contribution in [0.3, 0.4) is 0 Å². The third-order valence-electron chi connectivity index (χ3n) is 6.84. The number of carboxylic acids is 1. The van der Waals surface area contributed by atoms with E-state index >= 15 is 0 Å². The average Bonchev–Trinajstić information content (AvgIpc) is 3.44. The van der Waals surface area contributed by atoms with Crippen molar-refractivity contribution in [1.82, 2.24) is 4.90 Å². The minimum Gasteiger partial charge on any atom is -0.545 e. The lowest BCUT2D eigenvalue weighted by Crippen LogP contribution is -2.58. The molecule has 1 amide bonds. The summed E-state index contributed by atoms with van der Waals surface area (Å²) in [5, 5.41) is 21.9. The summed E-state index contributed by atoms with van der Waals surface area (Å²) in [6.45, 7) is 3.17. The topological polar surface area (TPSA) is 108 Å². The fourth-order valence-electron chi connectivity index (χ4n) is 4.89. The van der Waals surface area contributed by atoms with Gasteiger partial charge in [-0.15, -0.1) is 0 Å². The number of amides is 1.